The Morgan fingerprint density at radius 2 is 0.967 bits per heavy atom. The number of benzene rings is 10. The van der Waals surface area contributed by atoms with Gasteiger partial charge >= 0.3 is 0 Å². The Kier molecular flexibility index (Phi) is 8.39. The molecule has 0 aliphatic heterocycles. The molecule has 0 unspecified atom stereocenters. The lowest BCUT2D eigenvalue weighted by Crippen LogP contribution is -2.10. The molecule has 0 saturated carbocycles. The van der Waals surface area contributed by atoms with Crippen molar-refractivity contribution in [2.24, 2.45) is 0 Å². The lowest BCUT2D eigenvalue weighted by molar-refractivity contribution is 0.672. The zero-order valence-electron chi connectivity index (χ0n) is 33.1. The van der Waals surface area contributed by atoms with E-state index in [2.05, 4.69) is 229 Å². The highest BCUT2D eigenvalue weighted by molar-refractivity contribution is 7.26. The molecule has 286 valence electrons. The van der Waals surface area contributed by atoms with Crippen LogP contribution in [-0.2, 0) is 0 Å². The van der Waals surface area contributed by atoms with Crippen molar-refractivity contribution in [3.63, 3.8) is 0 Å². The van der Waals surface area contributed by atoms with Crippen LogP contribution in [0.5, 0.6) is 0 Å². The Labute approximate surface area is 357 Å². The van der Waals surface area contributed by atoms with Crippen LogP contribution < -0.4 is 4.90 Å². The molecule has 3 heteroatoms. The molecule has 0 spiro atoms. The number of fused-ring (bicyclic) bond motifs is 8. The number of furan rings is 1. The molecule has 0 radical (unpaired) electrons. The maximum atomic E-state index is 6.72. The quantitative estimate of drug-likeness (QED) is 0.160. The summed E-state index contributed by atoms with van der Waals surface area (Å²) in [5.74, 6) is 0. The van der Waals surface area contributed by atoms with Crippen LogP contribution in [0, 0.1) is 0 Å². The van der Waals surface area contributed by atoms with Gasteiger partial charge in [-0.3, -0.25) is 0 Å². The molecule has 0 saturated heterocycles. The number of hydrogen-bond donors (Lipinski definition) is 0. The van der Waals surface area contributed by atoms with Crippen molar-refractivity contribution < 1.29 is 4.42 Å². The third-order valence-electron chi connectivity index (χ3n) is 12.1. The Hall–Kier alpha value is -7.72. The van der Waals surface area contributed by atoms with Gasteiger partial charge in [-0.15, -0.1) is 11.3 Å². The van der Waals surface area contributed by atoms with Crippen LogP contribution in [0.3, 0.4) is 0 Å². The molecule has 2 aromatic heterocycles. The van der Waals surface area contributed by atoms with E-state index in [1.807, 2.05) is 11.3 Å². The number of thiophene rings is 1. The smallest absolute Gasteiger partial charge is 0.143 e. The van der Waals surface area contributed by atoms with Crippen molar-refractivity contribution >= 4 is 81.3 Å². The minimum absolute atomic E-state index is 0.865. The minimum atomic E-state index is 0.865. The number of rotatable bonds is 7. The van der Waals surface area contributed by atoms with Crippen molar-refractivity contribution in [3.8, 4) is 44.5 Å². The molecular weight excluding hydrogens is 759 g/mol. The van der Waals surface area contributed by atoms with Gasteiger partial charge in [0.25, 0.3) is 0 Å². The van der Waals surface area contributed by atoms with Crippen LogP contribution in [0.1, 0.15) is 0 Å². The van der Waals surface area contributed by atoms with Crippen LogP contribution in [0.2, 0.25) is 0 Å². The highest BCUT2D eigenvalue weighted by atomic mass is 32.1. The molecule has 12 aromatic rings. The summed E-state index contributed by atoms with van der Waals surface area (Å²) in [4.78, 5) is 2.39. The van der Waals surface area contributed by atoms with E-state index in [-0.39, 0.29) is 0 Å². The Morgan fingerprint density at radius 1 is 0.361 bits per heavy atom. The molecule has 0 bridgehead atoms. The van der Waals surface area contributed by atoms with E-state index in [0.29, 0.717) is 0 Å². The zero-order chi connectivity index (χ0) is 40.3. The number of nitrogens with zero attached hydrogens (tertiary/aromatic N) is 1. The third-order valence-corrected chi connectivity index (χ3v) is 13.3. The number of hydrogen-bond acceptors (Lipinski definition) is 3. The monoisotopic (exact) mass is 795 g/mol. The second-order valence-electron chi connectivity index (χ2n) is 15.6. The molecule has 0 N–H and O–H groups in total. The Morgan fingerprint density at radius 3 is 1.74 bits per heavy atom. The van der Waals surface area contributed by atoms with Gasteiger partial charge in [0, 0.05) is 42.3 Å². The first kappa shape index (κ1) is 35.2. The van der Waals surface area contributed by atoms with E-state index in [0.717, 1.165) is 50.0 Å². The second-order valence-corrected chi connectivity index (χ2v) is 16.7. The first-order valence-corrected chi connectivity index (χ1v) is 21.6. The van der Waals surface area contributed by atoms with Gasteiger partial charge in [0.15, 0.2) is 0 Å². The third kappa shape index (κ3) is 6.01. The molecule has 2 nitrogen and oxygen atoms in total. The lowest BCUT2D eigenvalue weighted by atomic mass is 9.91. The summed E-state index contributed by atoms with van der Waals surface area (Å²) in [5.41, 5.74) is 14.6. The summed E-state index contributed by atoms with van der Waals surface area (Å²) >= 11 is 1.87. The van der Waals surface area contributed by atoms with Crippen LogP contribution in [0.25, 0.3) is 97.4 Å². The molecule has 12 rings (SSSR count). The first-order chi connectivity index (χ1) is 30.2. The van der Waals surface area contributed by atoms with Crippen molar-refractivity contribution in [2.75, 3.05) is 4.90 Å². The van der Waals surface area contributed by atoms with Crippen molar-refractivity contribution in [1.82, 2.24) is 0 Å². The Balaban J connectivity index is 1.01. The maximum absolute atomic E-state index is 6.72. The van der Waals surface area contributed by atoms with Gasteiger partial charge in [0.1, 0.15) is 11.2 Å². The highest BCUT2D eigenvalue weighted by Gasteiger charge is 2.21. The van der Waals surface area contributed by atoms with E-state index in [1.54, 1.807) is 0 Å². The van der Waals surface area contributed by atoms with Gasteiger partial charge in [-0.05, 0) is 104 Å². The summed E-state index contributed by atoms with van der Waals surface area (Å²) in [6.45, 7) is 0. The van der Waals surface area contributed by atoms with Gasteiger partial charge in [0.2, 0.25) is 0 Å². The molecular formula is C58H37NOS. The molecule has 0 fully saturated rings. The van der Waals surface area contributed by atoms with Gasteiger partial charge in [-0.2, -0.15) is 0 Å². The molecule has 0 amide bonds. The summed E-state index contributed by atoms with van der Waals surface area (Å²) in [6, 6.07) is 81.1. The maximum Gasteiger partial charge on any atom is 0.143 e. The normalized spacial score (nSPS) is 11.6. The van der Waals surface area contributed by atoms with E-state index >= 15 is 0 Å². The standard InChI is InChI=1S/C58H37NOS/c1-3-13-38(14-4-1)43-30-35-46(52(37-43)39-15-5-2-6-16-39)41-25-31-44(32-26-41)59(53-22-12-23-54-56(53)51-36-29-40-17-7-8-18-47(40)57(51)60-54)45-33-27-42(28-34-45)48-20-11-21-50-49-19-9-10-24-55(49)61-58(48)50/h1-37H. The van der Waals surface area contributed by atoms with Crippen LogP contribution in [-0.4, -0.2) is 0 Å². The average molecular weight is 796 g/mol. The Bertz CT molecular complexity index is 3570. The van der Waals surface area contributed by atoms with Crippen LogP contribution >= 0.6 is 11.3 Å². The van der Waals surface area contributed by atoms with Crippen LogP contribution in [0.4, 0.5) is 17.1 Å². The summed E-state index contributed by atoms with van der Waals surface area (Å²) in [6.07, 6.45) is 0. The van der Waals surface area contributed by atoms with Gasteiger partial charge in [0.05, 0.1) is 11.1 Å². The average Bonchev–Trinajstić information content (AvgIpc) is 3.92. The van der Waals surface area contributed by atoms with Crippen LogP contribution in [0.15, 0.2) is 229 Å². The predicted molar refractivity (Wildman–Crippen MR) is 261 cm³/mol. The van der Waals surface area contributed by atoms with E-state index in [1.165, 1.54) is 64.5 Å². The fourth-order valence-corrected chi connectivity index (χ4v) is 10.4. The number of anilines is 3. The van der Waals surface area contributed by atoms with E-state index in [9.17, 15) is 0 Å². The van der Waals surface area contributed by atoms with Gasteiger partial charge in [-0.1, -0.05) is 170 Å². The fraction of sp³-hybridized carbons (Fsp3) is 0. The second kappa shape index (κ2) is 14.5. The van der Waals surface area contributed by atoms with Gasteiger partial charge in [-0.25, -0.2) is 0 Å². The molecule has 0 atom stereocenters. The van der Waals surface area contributed by atoms with Crippen molar-refractivity contribution in [1.29, 1.82) is 0 Å². The predicted octanol–water partition coefficient (Wildman–Crippen LogP) is 17.2. The summed E-state index contributed by atoms with van der Waals surface area (Å²) < 4.78 is 9.35. The summed E-state index contributed by atoms with van der Waals surface area (Å²) in [5, 5.41) is 7.09. The molecule has 10 aromatic carbocycles. The molecule has 2 heterocycles. The van der Waals surface area contributed by atoms with Gasteiger partial charge < -0.3 is 9.32 Å². The highest BCUT2D eigenvalue weighted by Crippen LogP contribution is 2.46. The van der Waals surface area contributed by atoms with E-state index in [4.69, 9.17) is 4.42 Å². The van der Waals surface area contributed by atoms with E-state index < -0.39 is 0 Å². The first-order valence-electron chi connectivity index (χ1n) is 20.7. The summed E-state index contributed by atoms with van der Waals surface area (Å²) in [7, 11) is 0. The molecule has 0 aliphatic carbocycles. The topological polar surface area (TPSA) is 16.4 Å². The lowest BCUT2D eigenvalue weighted by Gasteiger charge is -2.27. The van der Waals surface area contributed by atoms with Crippen molar-refractivity contribution in [3.05, 3.63) is 224 Å². The zero-order valence-corrected chi connectivity index (χ0v) is 33.9. The fourth-order valence-electron chi connectivity index (χ4n) is 9.17. The SMILES string of the molecule is c1ccc(-c2ccc(-c3ccc(N(c4ccc(-c5cccc6c5sc5ccccc56)cc4)c4cccc5oc6c7ccccc7ccc6c45)cc3)c(-c3ccccc3)c2)cc1. The molecule has 61 heavy (non-hydrogen) atoms. The minimum Gasteiger partial charge on any atom is -0.455 e. The largest absolute Gasteiger partial charge is 0.455 e. The molecule has 0 aliphatic rings. The van der Waals surface area contributed by atoms with Crippen molar-refractivity contribution in [2.45, 2.75) is 0 Å².